The van der Waals surface area contributed by atoms with Crippen molar-refractivity contribution >= 4 is 22.6 Å². The van der Waals surface area contributed by atoms with Crippen molar-refractivity contribution in [1.29, 1.82) is 0 Å². The Kier molecular flexibility index (Phi) is 4.48. The largest absolute Gasteiger partial charge is 0.329 e. The molecule has 0 bridgehead atoms. The number of aromatic nitrogens is 4. The molecule has 1 N–H and O–H groups in total. The molecule has 25 heavy (non-hydrogen) atoms. The number of carbonyl (C=O) groups excluding carboxylic acids is 1. The molecule has 0 spiro atoms. The van der Waals surface area contributed by atoms with Gasteiger partial charge in [-0.3, -0.25) is 18.6 Å². The Labute approximate surface area is 145 Å². The van der Waals surface area contributed by atoms with E-state index in [9.17, 15) is 9.59 Å². The van der Waals surface area contributed by atoms with Crippen LogP contribution in [0, 0.1) is 13.8 Å². The van der Waals surface area contributed by atoms with Crippen LogP contribution in [0.4, 0.5) is 5.69 Å². The van der Waals surface area contributed by atoms with Gasteiger partial charge in [-0.1, -0.05) is 12.1 Å². The number of benzene rings is 1. The number of anilines is 1. The van der Waals surface area contributed by atoms with E-state index in [0.717, 1.165) is 28.1 Å². The maximum Gasteiger partial charge on any atom is 0.329 e. The van der Waals surface area contributed by atoms with Crippen molar-refractivity contribution in [2.24, 2.45) is 7.05 Å². The molecule has 2 heterocycles. The molecule has 7 nitrogen and oxygen atoms in total. The van der Waals surface area contributed by atoms with Gasteiger partial charge in [0.2, 0.25) is 5.91 Å². The molecule has 2 aromatic heterocycles. The third-order valence-corrected chi connectivity index (χ3v) is 4.58. The molecule has 0 aliphatic heterocycles. The molecular weight excluding hydrogens is 318 g/mol. The molecule has 3 aromatic rings. The van der Waals surface area contributed by atoms with Crippen LogP contribution in [0.5, 0.6) is 0 Å². The summed E-state index contributed by atoms with van der Waals surface area (Å²) in [6.45, 7) is 6.67. The minimum Gasteiger partial charge on any atom is -0.323 e. The number of hydrogen-bond acceptors (Lipinski definition) is 3. The summed E-state index contributed by atoms with van der Waals surface area (Å²) >= 11 is 0. The Morgan fingerprint density at radius 1 is 1.16 bits per heavy atom. The summed E-state index contributed by atoms with van der Waals surface area (Å²) in [6.07, 6.45) is 0.228. The first-order chi connectivity index (χ1) is 11.9. The lowest BCUT2D eigenvalue weighted by atomic mass is 10.3. The van der Waals surface area contributed by atoms with E-state index < -0.39 is 0 Å². The number of fused-ring (bicyclic) bond motifs is 1. The fraction of sp³-hybridized carbons (Fsp3) is 0.389. The van der Waals surface area contributed by atoms with E-state index in [1.807, 2.05) is 52.1 Å². The Hall–Kier alpha value is -2.83. The molecule has 0 fully saturated rings. The minimum atomic E-state index is -0.126. The van der Waals surface area contributed by atoms with Crippen LogP contribution in [0.25, 0.3) is 11.0 Å². The topological polar surface area (TPSA) is 73.8 Å². The van der Waals surface area contributed by atoms with Crippen LogP contribution in [-0.2, 0) is 24.9 Å². The SMILES string of the molecule is CCn1c(=O)n(CCC(=O)Nc2c(C)nn(C)c2C)c2ccccc21. The van der Waals surface area contributed by atoms with Crippen molar-refractivity contribution in [3.05, 3.63) is 46.1 Å². The van der Waals surface area contributed by atoms with Gasteiger partial charge in [-0.05, 0) is 32.9 Å². The van der Waals surface area contributed by atoms with Crippen molar-refractivity contribution in [3.63, 3.8) is 0 Å². The second-order valence-electron chi connectivity index (χ2n) is 6.13. The van der Waals surface area contributed by atoms with Crippen LogP contribution in [-0.4, -0.2) is 24.8 Å². The Bertz CT molecular complexity index is 993. The van der Waals surface area contributed by atoms with Crippen molar-refractivity contribution in [3.8, 4) is 0 Å². The molecule has 0 saturated carbocycles. The van der Waals surface area contributed by atoms with Crippen molar-refractivity contribution in [1.82, 2.24) is 18.9 Å². The zero-order chi connectivity index (χ0) is 18.1. The highest BCUT2D eigenvalue weighted by molar-refractivity contribution is 5.92. The number of amides is 1. The van der Waals surface area contributed by atoms with E-state index in [1.54, 1.807) is 13.8 Å². The number of aryl methyl sites for hydroxylation is 4. The zero-order valence-corrected chi connectivity index (χ0v) is 15.0. The van der Waals surface area contributed by atoms with E-state index in [2.05, 4.69) is 10.4 Å². The number of para-hydroxylation sites is 2. The highest BCUT2D eigenvalue weighted by Crippen LogP contribution is 2.19. The fourth-order valence-electron chi connectivity index (χ4n) is 3.16. The molecule has 0 radical (unpaired) electrons. The average Bonchev–Trinajstić information content (AvgIpc) is 3.00. The Morgan fingerprint density at radius 2 is 1.80 bits per heavy atom. The van der Waals surface area contributed by atoms with Gasteiger partial charge in [-0.25, -0.2) is 4.79 Å². The molecule has 132 valence electrons. The van der Waals surface area contributed by atoms with Gasteiger partial charge < -0.3 is 5.32 Å². The number of rotatable bonds is 5. The number of carbonyl (C=O) groups is 1. The third kappa shape index (κ3) is 2.97. The number of hydrogen-bond donors (Lipinski definition) is 1. The van der Waals surface area contributed by atoms with Crippen LogP contribution < -0.4 is 11.0 Å². The van der Waals surface area contributed by atoms with Crippen LogP contribution in [0.2, 0.25) is 0 Å². The predicted molar refractivity (Wildman–Crippen MR) is 97.8 cm³/mol. The molecule has 0 unspecified atom stereocenters. The molecule has 1 amide bonds. The van der Waals surface area contributed by atoms with Gasteiger partial charge in [0, 0.05) is 26.6 Å². The fourth-order valence-corrected chi connectivity index (χ4v) is 3.16. The zero-order valence-electron chi connectivity index (χ0n) is 15.0. The first-order valence-electron chi connectivity index (χ1n) is 8.42. The minimum absolute atomic E-state index is 0.0785. The van der Waals surface area contributed by atoms with Crippen LogP contribution in [0.15, 0.2) is 29.1 Å². The molecule has 0 aliphatic rings. The second kappa shape index (κ2) is 6.58. The van der Waals surface area contributed by atoms with Gasteiger partial charge in [0.05, 0.1) is 28.1 Å². The highest BCUT2D eigenvalue weighted by Gasteiger charge is 2.15. The van der Waals surface area contributed by atoms with Gasteiger partial charge in [0.1, 0.15) is 0 Å². The lowest BCUT2D eigenvalue weighted by Gasteiger charge is -2.06. The smallest absolute Gasteiger partial charge is 0.323 e. The van der Waals surface area contributed by atoms with Crippen LogP contribution in [0.1, 0.15) is 24.7 Å². The predicted octanol–water partition coefficient (Wildman–Crippen LogP) is 2.20. The summed E-state index contributed by atoms with van der Waals surface area (Å²) in [7, 11) is 1.84. The molecule has 0 atom stereocenters. The monoisotopic (exact) mass is 341 g/mol. The molecule has 1 aromatic carbocycles. The summed E-state index contributed by atoms with van der Waals surface area (Å²) in [5.41, 5.74) is 4.12. The number of nitrogens with one attached hydrogen (secondary N) is 1. The van der Waals surface area contributed by atoms with Crippen LogP contribution in [0.3, 0.4) is 0 Å². The van der Waals surface area contributed by atoms with Gasteiger partial charge in [0.25, 0.3) is 0 Å². The van der Waals surface area contributed by atoms with Gasteiger partial charge in [-0.2, -0.15) is 5.10 Å². The molecule has 0 aliphatic carbocycles. The standard InChI is InChI=1S/C18H23N5O2/c1-5-22-14-8-6-7-9-15(14)23(18(22)25)11-10-16(24)19-17-12(2)20-21(4)13(17)3/h6-9H,5,10-11H2,1-4H3,(H,19,24). The van der Waals surface area contributed by atoms with Crippen molar-refractivity contribution in [2.45, 2.75) is 40.3 Å². The molecule has 0 saturated heterocycles. The second-order valence-corrected chi connectivity index (χ2v) is 6.13. The summed E-state index contributed by atoms with van der Waals surface area (Å²) in [5.74, 6) is -0.126. The normalized spacial score (nSPS) is 11.2. The Morgan fingerprint density at radius 3 is 2.36 bits per heavy atom. The first-order valence-corrected chi connectivity index (χ1v) is 8.42. The third-order valence-electron chi connectivity index (χ3n) is 4.58. The lowest BCUT2D eigenvalue weighted by molar-refractivity contribution is -0.116. The molecular formula is C18H23N5O2. The maximum atomic E-state index is 12.6. The number of nitrogens with zero attached hydrogens (tertiary/aromatic N) is 4. The van der Waals surface area contributed by atoms with E-state index in [-0.39, 0.29) is 18.0 Å². The van der Waals surface area contributed by atoms with E-state index in [1.165, 1.54) is 0 Å². The average molecular weight is 341 g/mol. The van der Waals surface area contributed by atoms with Gasteiger partial charge in [0.15, 0.2) is 0 Å². The molecule has 7 heteroatoms. The lowest BCUT2D eigenvalue weighted by Crippen LogP contribution is -2.25. The maximum absolute atomic E-state index is 12.6. The Balaban J connectivity index is 1.80. The van der Waals surface area contributed by atoms with E-state index in [4.69, 9.17) is 0 Å². The van der Waals surface area contributed by atoms with Crippen molar-refractivity contribution in [2.75, 3.05) is 5.32 Å². The summed E-state index contributed by atoms with van der Waals surface area (Å²) < 4.78 is 5.13. The van der Waals surface area contributed by atoms with Crippen molar-refractivity contribution < 1.29 is 4.79 Å². The molecule has 3 rings (SSSR count). The summed E-state index contributed by atoms with van der Waals surface area (Å²) in [6, 6.07) is 7.66. The van der Waals surface area contributed by atoms with Gasteiger partial charge in [-0.15, -0.1) is 0 Å². The number of imidazole rings is 1. The van der Waals surface area contributed by atoms with Gasteiger partial charge >= 0.3 is 5.69 Å². The van der Waals surface area contributed by atoms with Crippen LogP contribution >= 0.6 is 0 Å². The van der Waals surface area contributed by atoms with E-state index in [0.29, 0.717) is 13.1 Å². The summed E-state index contributed by atoms with van der Waals surface area (Å²) in [5, 5.41) is 7.21. The highest BCUT2D eigenvalue weighted by atomic mass is 16.2. The first kappa shape index (κ1) is 17.0. The summed E-state index contributed by atoms with van der Waals surface area (Å²) in [4.78, 5) is 24.9. The quantitative estimate of drug-likeness (QED) is 0.773. The van der Waals surface area contributed by atoms with E-state index >= 15 is 0 Å².